The van der Waals surface area contributed by atoms with Crippen LogP contribution in [0.1, 0.15) is 30.1 Å². The summed E-state index contributed by atoms with van der Waals surface area (Å²) in [6, 6.07) is 5.34. The number of amides is 1. The Morgan fingerprint density at radius 2 is 2.24 bits per heavy atom. The predicted molar refractivity (Wildman–Crippen MR) is 73.9 cm³/mol. The number of benzene rings is 1. The molecule has 1 aromatic rings. The summed E-state index contributed by atoms with van der Waals surface area (Å²) >= 11 is 0. The minimum Gasteiger partial charge on any atom is -0.481 e. The first-order valence-electron chi connectivity index (χ1n) is 6.69. The number of aliphatic hydroxyl groups is 1. The lowest BCUT2D eigenvalue weighted by Crippen LogP contribution is -2.32. The van der Waals surface area contributed by atoms with Gasteiger partial charge in [-0.3, -0.25) is 14.9 Å². The normalized spacial score (nSPS) is 17.7. The number of carboxylic acids is 1. The van der Waals surface area contributed by atoms with Gasteiger partial charge in [0.15, 0.2) is 0 Å². The van der Waals surface area contributed by atoms with Crippen LogP contribution in [0.15, 0.2) is 23.2 Å². The molecular weight excluding hydrogens is 274 g/mol. The molecule has 1 fully saturated rings. The van der Waals surface area contributed by atoms with E-state index >= 15 is 0 Å². The number of carboxylic acid groups (broad SMARTS) is 1. The molecule has 1 unspecified atom stereocenters. The maximum absolute atomic E-state index is 11.4. The quantitative estimate of drug-likeness (QED) is 0.750. The van der Waals surface area contributed by atoms with Gasteiger partial charge in [-0.15, -0.1) is 0 Å². The van der Waals surface area contributed by atoms with Gasteiger partial charge in [-0.05, 0) is 29.7 Å². The molecule has 1 saturated heterocycles. The molecule has 0 saturated carbocycles. The van der Waals surface area contributed by atoms with E-state index in [1.165, 1.54) is 0 Å². The summed E-state index contributed by atoms with van der Waals surface area (Å²) in [5.74, 6) is -0.446. The van der Waals surface area contributed by atoms with Gasteiger partial charge in [0.1, 0.15) is 6.54 Å². The van der Waals surface area contributed by atoms with Gasteiger partial charge in [-0.25, -0.2) is 4.99 Å². The summed E-state index contributed by atoms with van der Waals surface area (Å²) in [4.78, 5) is 28.1. The lowest BCUT2D eigenvalue weighted by Gasteiger charge is -2.23. The molecule has 0 aliphatic carbocycles. The third-order valence-corrected chi connectivity index (χ3v) is 3.59. The van der Waals surface area contributed by atoms with E-state index in [4.69, 9.17) is 5.11 Å². The van der Waals surface area contributed by atoms with Crippen molar-refractivity contribution in [1.29, 1.82) is 0 Å². The third kappa shape index (κ3) is 2.73. The number of aliphatic hydroxyl groups excluding tert-OH is 1. The first-order valence-corrected chi connectivity index (χ1v) is 6.69. The van der Waals surface area contributed by atoms with Gasteiger partial charge in [0.05, 0.1) is 11.8 Å². The highest BCUT2D eigenvalue weighted by Crippen LogP contribution is 2.30. The zero-order valence-electron chi connectivity index (χ0n) is 11.2. The molecule has 2 heterocycles. The fourth-order valence-electron chi connectivity index (χ4n) is 2.52. The fraction of sp³-hybridized carbons (Fsp3) is 0.357. The van der Waals surface area contributed by atoms with E-state index in [9.17, 15) is 14.7 Å². The van der Waals surface area contributed by atoms with Crippen LogP contribution in [0, 0.1) is 0 Å². The van der Waals surface area contributed by atoms with Gasteiger partial charge in [0, 0.05) is 13.0 Å². The lowest BCUT2D eigenvalue weighted by molar-refractivity contribution is -0.137. The largest absolute Gasteiger partial charge is 0.481 e. The summed E-state index contributed by atoms with van der Waals surface area (Å²) in [5.41, 5.74) is 2.35. The Hall–Kier alpha value is -2.41. The second-order valence-electron chi connectivity index (χ2n) is 5.18. The molecule has 0 spiro atoms. The molecule has 0 radical (unpaired) electrons. The number of rotatable bonds is 4. The summed E-state index contributed by atoms with van der Waals surface area (Å²) in [5, 5.41) is 21.4. The van der Waals surface area contributed by atoms with Crippen LogP contribution in [0.5, 0.6) is 0 Å². The highest BCUT2D eigenvalue weighted by Gasteiger charge is 2.29. The minimum absolute atomic E-state index is 0.0783. The highest BCUT2D eigenvalue weighted by molar-refractivity contribution is 6.05. The van der Waals surface area contributed by atoms with E-state index in [-0.39, 0.29) is 25.3 Å². The molecule has 110 valence electrons. The van der Waals surface area contributed by atoms with Crippen molar-refractivity contribution in [2.75, 3.05) is 6.54 Å². The molecule has 7 nitrogen and oxygen atoms in total. The lowest BCUT2D eigenvalue weighted by atomic mass is 10.0. The van der Waals surface area contributed by atoms with Gasteiger partial charge in [-0.1, -0.05) is 6.07 Å². The average Bonchev–Trinajstić information content (AvgIpc) is 2.80. The van der Waals surface area contributed by atoms with Crippen LogP contribution in [-0.4, -0.2) is 39.5 Å². The molecule has 2 aliphatic rings. The van der Waals surface area contributed by atoms with E-state index in [0.29, 0.717) is 18.1 Å². The molecule has 21 heavy (non-hydrogen) atoms. The number of guanidine groups is 1. The predicted octanol–water partition coefficient (Wildman–Crippen LogP) is 0.518. The molecule has 1 amide bonds. The van der Waals surface area contributed by atoms with Crippen molar-refractivity contribution in [3.63, 3.8) is 0 Å². The molecule has 3 N–H and O–H groups in total. The third-order valence-electron chi connectivity index (χ3n) is 3.59. The summed E-state index contributed by atoms with van der Waals surface area (Å²) < 4.78 is 0. The molecule has 0 bridgehead atoms. The van der Waals surface area contributed by atoms with Crippen molar-refractivity contribution in [2.24, 2.45) is 4.99 Å². The van der Waals surface area contributed by atoms with Gasteiger partial charge < -0.3 is 15.1 Å². The molecule has 1 aromatic carbocycles. The van der Waals surface area contributed by atoms with Crippen molar-refractivity contribution in [1.82, 2.24) is 10.2 Å². The van der Waals surface area contributed by atoms with Crippen molar-refractivity contribution < 1.29 is 19.8 Å². The molecule has 0 aromatic heterocycles. The van der Waals surface area contributed by atoms with Crippen molar-refractivity contribution >= 4 is 23.5 Å². The van der Waals surface area contributed by atoms with Crippen LogP contribution in [0.3, 0.4) is 0 Å². The number of carbonyl (C=O) groups excluding carboxylic acids is 1. The standard InChI is InChI=1S/C14H15N3O4/c18-11(3-4-13(20)21)8-1-2-10-9(5-8)6-17-7-12(19)16-14(17)15-10/h1-2,5,11,18H,3-4,6-7H2,(H,20,21)(H,15,16,19). The fourth-order valence-corrected chi connectivity index (χ4v) is 2.52. The number of aliphatic imine (C=N–C) groups is 1. The number of hydrogen-bond acceptors (Lipinski definition) is 5. The maximum Gasteiger partial charge on any atom is 0.303 e. The minimum atomic E-state index is -0.928. The highest BCUT2D eigenvalue weighted by atomic mass is 16.4. The van der Waals surface area contributed by atoms with E-state index in [1.807, 2.05) is 11.0 Å². The molecule has 1 atom stereocenters. The maximum atomic E-state index is 11.4. The van der Waals surface area contributed by atoms with Crippen LogP contribution >= 0.6 is 0 Å². The summed E-state index contributed by atoms with van der Waals surface area (Å²) in [6.45, 7) is 0.830. The first kappa shape index (κ1) is 13.6. The Labute approximate surface area is 120 Å². The van der Waals surface area contributed by atoms with Crippen LogP contribution in [0.25, 0.3) is 0 Å². The molecule has 7 heteroatoms. The van der Waals surface area contributed by atoms with Crippen molar-refractivity contribution in [3.8, 4) is 0 Å². The van der Waals surface area contributed by atoms with E-state index in [2.05, 4.69) is 10.3 Å². The molecule has 2 aliphatic heterocycles. The number of aliphatic carboxylic acids is 1. The smallest absolute Gasteiger partial charge is 0.303 e. The first-order chi connectivity index (χ1) is 10.0. The van der Waals surface area contributed by atoms with Crippen molar-refractivity contribution in [2.45, 2.75) is 25.5 Å². The monoisotopic (exact) mass is 289 g/mol. The topological polar surface area (TPSA) is 102 Å². The van der Waals surface area contributed by atoms with Crippen molar-refractivity contribution in [3.05, 3.63) is 29.3 Å². The molecule has 3 rings (SSSR count). The van der Waals surface area contributed by atoms with Gasteiger partial charge in [0.2, 0.25) is 11.9 Å². The Morgan fingerprint density at radius 3 is 3.00 bits per heavy atom. The Morgan fingerprint density at radius 1 is 1.43 bits per heavy atom. The van der Waals surface area contributed by atoms with Crippen LogP contribution < -0.4 is 5.32 Å². The number of fused-ring (bicyclic) bond motifs is 2. The number of hydrogen-bond donors (Lipinski definition) is 3. The number of nitrogens with one attached hydrogen (secondary N) is 1. The van der Waals surface area contributed by atoms with Crippen LogP contribution in [0.2, 0.25) is 0 Å². The van der Waals surface area contributed by atoms with Gasteiger partial charge in [0.25, 0.3) is 0 Å². The summed E-state index contributed by atoms with van der Waals surface area (Å²) in [6.07, 6.45) is -0.715. The Kier molecular flexibility index (Phi) is 3.34. The van der Waals surface area contributed by atoms with Crippen LogP contribution in [0.4, 0.5) is 5.69 Å². The van der Waals surface area contributed by atoms with Gasteiger partial charge in [-0.2, -0.15) is 0 Å². The average molecular weight is 289 g/mol. The van der Waals surface area contributed by atoms with Gasteiger partial charge >= 0.3 is 5.97 Å². The molecular formula is C14H15N3O4. The zero-order chi connectivity index (χ0) is 15.0. The second kappa shape index (κ2) is 5.17. The number of nitrogens with zero attached hydrogens (tertiary/aromatic N) is 2. The zero-order valence-corrected chi connectivity index (χ0v) is 11.2. The van der Waals surface area contributed by atoms with E-state index in [1.54, 1.807) is 12.1 Å². The second-order valence-corrected chi connectivity index (χ2v) is 5.18. The Balaban J connectivity index is 1.80. The number of carbonyl (C=O) groups is 2. The summed E-state index contributed by atoms with van der Waals surface area (Å²) in [7, 11) is 0. The van der Waals surface area contributed by atoms with E-state index < -0.39 is 12.1 Å². The Bertz CT molecular complexity index is 641. The van der Waals surface area contributed by atoms with E-state index in [0.717, 1.165) is 11.3 Å². The van der Waals surface area contributed by atoms with Crippen LogP contribution in [-0.2, 0) is 16.1 Å². The SMILES string of the molecule is O=C(O)CCC(O)c1ccc2c(c1)CN1CC(=O)NC1=N2.